The van der Waals surface area contributed by atoms with Crippen LogP contribution in [0.4, 0.5) is 0 Å². The van der Waals surface area contributed by atoms with Gasteiger partial charge >= 0.3 is 0 Å². The van der Waals surface area contributed by atoms with E-state index >= 15 is 0 Å². The van der Waals surface area contributed by atoms with E-state index in [4.69, 9.17) is 9.47 Å². The highest BCUT2D eigenvalue weighted by Crippen LogP contribution is 2.14. The lowest BCUT2D eigenvalue weighted by atomic mass is 10.1. The number of unbranched alkanes of at least 4 members (excludes halogenated alkanes) is 18. The molecule has 0 saturated carbocycles. The zero-order valence-corrected chi connectivity index (χ0v) is 28.9. The van der Waals surface area contributed by atoms with Gasteiger partial charge in [0.25, 0.3) is 0 Å². The van der Waals surface area contributed by atoms with Crippen LogP contribution >= 0.6 is 0 Å². The summed E-state index contributed by atoms with van der Waals surface area (Å²) in [4.78, 5) is 0. The van der Waals surface area contributed by atoms with Crippen LogP contribution in [0.5, 0.6) is 0 Å². The van der Waals surface area contributed by atoms with E-state index in [9.17, 15) is 0 Å². The predicted molar refractivity (Wildman–Crippen MR) is 191 cm³/mol. The van der Waals surface area contributed by atoms with E-state index < -0.39 is 0 Å². The molecule has 2 unspecified atom stereocenters. The van der Waals surface area contributed by atoms with Crippen LogP contribution in [0.1, 0.15) is 168 Å². The first kappa shape index (κ1) is 39.9. The topological polar surface area (TPSA) is 30.5 Å². The molecule has 250 valence electrons. The van der Waals surface area contributed by atoms with E-state index in [0.29, 0.717) is 0 Å². The third-order valence-corrected chi connectivity index (χ3v) is 8.46. The van der Waals surface area contributed by atoms with Gasteiger partial charge < -0.3 is 14.8 Å². The molecule has 1 saturated heterocycles. The molecule has 0 amide bonds. The number of rotatable bonds is 32. The van der Waals surface area contributed by atoms with Gasteiger partial charge in [0.05, 0.1) is 12.2 Å². The normalized spacial score (nSPS) is 17.6. The van der Waals surface area contributed by atoms with Crippen molar-refractivity contribution >= 4 is 0 Å². The van der Waals surface area contributed by atoms with Crippen molar-refractivity contribution in [1.82, 2.24) is 5.32 Å². The van der Waals surface area contributed by atoms with Crippen molar-refractivity contribution < 1.29 is 9.47 Å². The molecule has 0 spiro atoms. The van der Waals surface area contributed by atoms with Crippen molar-refractivity contribution in [1.29, 1.82) is 0 Å². The smallest absolute Gasteiger partial charge is 0.0973 e. The van der Waals surface area contributed by atoms with Crippen molar-refractivity contribution in [3.8, 4) is 0 Å². The fraction of sp³-hybridized carbons (Fsp3) is 0.800. The molecule has 43 heavy (non-hydrogen) atoms. The van der Waals surface area contributed by atoms with Crippen LogP contribution < -0.4 is 5.32 Å². The molecule has 1 heterocycles. The second-order valence-corrected chi connectivity index (χ2v) is 12.6. The summed E-state index contributed by atoms with van der Waals surface area (Å²) < 4.78 is 12.4. The van der Waals surface area contributed by atoms with Crippen LogP contribution in [0.15, 0.2) is 48.6 Å². The quantitative estimate of drug-likeness (QED) is 0.0616. The lowest BCUT2D eigenvalue weighted by molar-refractivity contribution is -0.0481. The standard InChI is InChI=1S/C40H73NO2/c1-3-5-7-9-11-13-15-17-19-21-23-25-27-29-31-33-35-42-39-37-41-38-40(39)43-36-34-32-30-28-26-24-22-20-18-16-14-12-10-8-6-4-2/h11-14,17-20,39-41H,3-10,15-16,21-38H2,1-2H3/b13-11-,14-12-,19-17-,20-18-. The van der Waals surface area contributed by atoms with Gasteiger partial charge in [0.15, 0.2) is 0 Å². The Labute approximate surface area is 269 Å². The predicted octanol–water partition coefficient (Wildman–Crippen LogP) is 12.0. The van der Waals surface area contributed by atoms with Gasteiger partial charge in [-0.05, 0) is 77.0 Å². The molecular weight excluding hydrogens is 526 g/mol. The molecule has 0 aromatic rings. The van der Waals surface area contributed by atoms with Gasteiger partial charge in [0, 0.05) is 26.3 Å². The fourth-order valence-electron chi connectivity index (χ4n) is 5.61. The van der Waals surface area contributed by atoms with E-state index in [1.165, 1.54) is 141 Å². The zero-order valence-electron chi connectivity index (χ0n) is 28.9. The van der Waals surface area contributed by atoms with Crippen LogP contribution in [0.2, 0.25) is 0 Å². The fourth-order valence-corrected chi connectivity index (χ4v) is 5.61. The van der Waals surface area contributed by atoms with Crippen LogP contribution in [-0.2, 0) is 9.47 Å². The third-order valence-electron chi connectivity index (χ3n) is 8.46. The first-order valence-corrected chi connectivity index (χ1v) is 18.9. The Kier molecular flexibility index (Phi) is 31.3. The summed E-state index contributed by atoms with van der Waals surface area (Å²) in [6.45, 7) is 8.17. The molecule has 0 bridgehead atoms. The largest absolute Gasteiger partial charge is 0.374 e. The van der Waals surface area contributed by atoms with Crippen LogP contribution in [0.25, 0.3) is 0 Å². The van der Waals surface area contributed by atoms with E-state index in [0.717, 1.165) is 39.1 Å². The Morgan fingerprint density at radius 1 is 0.419 bits per heavy atom. The highest BCUT2D eigenvalue weighted by molar-refractivity contribution is 4.93. The van der Waals surface area contributed by atoms with Gasteiger partial charge in [-0.25, -0.2) is 0 Å². The molecule has 3 nitrogen and oxygen atoms in total. The van der Waals surface area contributed by atoms with Gasteiger partial charge in [-0.1, -0.05) is 140 Å². The average molecular weight is 600 g/mol. The Morgan fingerprint density at radius 3 is 1.12 bits per heavy atom. The van der Waals surface area contributed by atoms with E-state index in [-0.39, 0.29) is 12.2 Å². The Hall–Kier alpha value is -1.16. The summed E-state index contributed by atoms with van der Waals surface area (Å²) >= 11 is 0. The zero-order chi connectivity index (χ0) is 30.7. The number of hydrogen-bond donors (Lipinski definition) is 1. The number of allylic oxidation sites excluding steroid dienone is 8. The van der Waals surface area contributed by atoms with Crippen molar-refractivity contribution in [2.45, 2.75) is 180 Å². The SMILES string of the molecule is CCCCC/C=C\C/C=C\CCCCCCCCOC1CNCC1OCCCCCCCC/C=C\C/C=C\CCCCC. The minimum atomic E-state index is 0.238. The molecule has 0 radical (unpaired) electrons. The molecular formula is C40H73NO2. The minimum absolute atomic E-state index is 0.238. The Bertz CT molecular complexity index is 611. The molecule has 1 fully saturated rings. The summed E-state index contributed by atoms with van der Waals surface area (Å²) in [5.74, 6) is 0. The van der Waals surface area contributed by atoms with E-state index in [1.807, 2.05) is 0 Å². The summed E-state index contributed by atoms with van der Waals surface area (Å²) in [6.07, 6.45) is 50.1. The lowest BCUT2D eigenvalue weighted by Gasteiger charge is -2.20. The maximum absolute atomic E-state index is 6.21. The number of hydrogen-bond acceptors (Lipinski definition) is 3. The lowest BCUT2D eigenvalue weighted by Crippen LogP contribution is -2.30. The van der Waals surface area contributed by atoms with Crippen molar-refractivity contribution in [3.05, 3.63) is 48.6 Å². The van der Waals surface area contributed by atoms with Crippen molar-refractivity contribution in [2.24, 2.45) is 0 Å². The van der Waals surface area contributed by atoms with E-state index in [1.54, 1.807) is 0 Å². The molecule has 1 aliphatic rings. The van der Waals surface area contributed by atoms with Crippen LogP contribution in [0.3, 0.4) is 0 Å². The van der Waals surface area contributed by atoms with Gasteiger partial charge in [0.2, 0.25) is 0 Å². The summed E-state index contributed by atoms with van der Waals surface area (Å²) in [7, 11) is 0. The summed E-state index contributed by atoms with van der Waals surface area (Å²) in [6, 6.07) is 0. The molecule has 1 aliphatic heterocycles. The maximum Gasteiger partial charge on any atom is 0.0973 e. The molecule has 2 atom stereocenters. The Balaban J connectivity index is 1.85. The second-order valence-electron chi connectivity index (χ2n) is 12.6. The number of ether oxygens (including phenoxy) is 2. The monoisotopic (exact) mass is 600 g/mol. The molecule has 0 aromatic heterocycles. The molecule has 1 rings (SSSR count). The van der Waals surface area contributed by atoms with Crippen molar-refractivity contribution in [3.63, 3.8) is 0 Å². The van der Waals surface area contributed by atoms with Crippen LogP contribution in [-0.4, -0.2) is 38.5 Å². The van der Waals surface area contributed by atoms with Gasteiger partial charge in [-0.3, -0.25) is 0 Å². The highest BCUT2D eigenvalue weighted by Gasteiger charge is 2.28. The first-order chi connectivity index (χ1) is 21.4. The van der Waals surface area contributed by atoms with E-state index in [2.05, 4.69) is 67.8 Å². The van der Waals surface area contributed by atoms with Gasteiger partial charge in [-0.2, -0.15) is 0 Å². The molecule has 0 aliphatic carbocycles. The average Bonchev–Trinajstić information content (AvgIpc) is 3.47. The summed E-state index contributed by atoms with van der Waals surface area (Å²) in [5, 5.41) is 3.47. The molecule has 1 N–H and O–H groups in total. The highest BCUT2D eigenvalue weighted by atomic mass is 16.5. The second kappa shape index (κ2) is 33.7. The summed E-state index contributed by atoms with van der Waals surface area (Å²) in [5.41, 5.74) is 0. The molecule has 0 aromatic carbocycles. The maximum atomic E-state index is 6.21. The molecule has 3 heteroatoms. The number of nitrogens with one attached hydrogen (secondary N) is 1. The van der Waals surface area contributed by atoms with Crippen molar-refractivity contribution in [2.75, 3.05) is 26.3 Å². The van der Waals surface area contributed by atoms with Crippen LogP contribution in [0, 0.1) is 0 Å². The van der Waals surface area contributed by atoms with Gasteiger partial charge in [-0.15, -0.1) is 0 Å². The minimum Gasteiger partial charge on any atom is -0.374 e. The Morgan fingerprint density at radius 2 is 0.744 bits per heavy atom. The van der Waals surface area contributed by atoms with Gasteiger partial charge in [0.1, 0.15) is 0 Å². The first-order valence-electron chi connectivity index (χ1n) is 18.9. The third kappa shape index (κ3) is 28.1.